The summed E-state index contributed by atoms with van der Waals surface area (Å²) < 4.78 is 0. The molecule has 0 unspecified atom stereocenters. The van der Waals surface area contributed by atoms with Gasteiger partial charge in [-0.1, -0.05) is 0 Å². The topological polar surface area (TPSA) is 87.3 Å². The molecule has 90 valence electrons. The maximum atomic E-state index is 11.2. The standard InChI is InChI=1S/C12H11N5O/c1-7(18)4-10-8-5-11(9-2-3-14-15-9)13-6-12(8)17-16-10/h2-3,5-6H,4H2,1H3,(H,14,15)(H,16,17). The molecular formula is C12H11N5O. The van der Waals surface area contributed by atoms with E-state index >= 15 is 0 Å². The van der Waals surface area contributed by atoms with Crippen LogP contribution in [0, 0.1) is 0 Å². The molecule has 6 nitrogen and oxygen atoms in total. The molecule has 0 aliphatic carbocycles. The molecule has 0 fully saturated rings. The van der Waals surface area contributed by atoms with Crippen LogP contribution in [0.2, 0.25) is 0 Å². The Hall–Kier alpha value is -2.50. The molecule has 0 saturated carbocycles. The Morgan fingerprint density at radius 1 is 1.39 bits per heavy atom. The van der Waals surface area contributed by atoms with E-state index in [1.165, 1.54) is 0 Å². The minimum absolute atomic E-state index is 0.0976. The number of carbonyl (C=O) groups is 1. The van der Waals surface area contributed by atoms with Crippen LogP contribution < -0.4 is 0 Å². The Labute approximate surface area is 102 Å². The largest absolute Gasteiger partial charge is 0.300 e. The summed E-state index contributed by atoms with van der Waals surface area (Å²) in [4.78, 5) is 15.5. The van der Waals surface area contributed by atoms with Crippen molar-refractivity contribution in [3.8, 4) is 11.4 Å². The molecule has 3 heterocycles. The van der Waals surface area contributed by atoms with E-state index in [1.54, 1.807) is 19.3 Å². The number of aromatic nitrogens is 5. The van der Waals surface area contributed by atoms with E-state index in [1.807, 2.05) is 12.1 Å². The Morgan fingerprint density at radius 3 is 3.00 bits per heavy atom. The number of pyridine rings is 1. The van der Waals surface area contributed by atoms with Gasteiger partial charge in [-0.3, -0.25) is 20.0 Å². The first-order valence-corrected chi connectivity index (χ1v) is 5.56. The van der Waals surface area contributed by atoms with Crippen LogP contribution in [-0.4, -0.2) is 31.2 Å². The van der Waals surface area contributed by atoms with Crippen LogP contribution in [0.4, 0.5) is 0 Å². The van der Waals surface area contributed by atoms with Gasteiger partial charge in [0.2, 0.25) is 0 Å². The number of carbonyl (C=O) groups excluding carboxylic acids is 1. The summed E-state index contributed by atoms with van der Waals surface area (Å²) in [5, 5.41) is 14.7. The zero-order valence-electron chi connectivity index (χ0n) is 9.77. The van der Waals surface area contributed by atoms with E-state index < -0.39 is 0 Å². The lowest BCUT2D eigenvalue weighted by molar-refractivity contribution is -0.116. The van der Waals surface area contributed by atoms with Gasteiger partial charge < -0.3 is 0 Å². The highest BCUT2D eigenvalue weighted by atomic mass is 16.1. The average molecular weight is 241 g/mol. The minimum Gasteiger partial charge on any atom is -0.300 e. The van der Waals surface area contributed by atoms with Gasteiger partial charge in [-0.05, 0) is 19.1 Å². The first-order chi connectivity index (χ1) is 8.74. The van der Waals surface area contributed by atoms with Gasteiger partial charge in [-0.2, -0.15) is 10.2 Å². The fourth-order valence-corrected chi connectivity index (χ4v) is 1.90. The van der Waals surface area contributed by atoms with Crippen molar-refractivity contribution < 1.29 is 4.79 Å². The molecule has 0 atom stereocenters. The third-order valence-electron chi connectivity index (χ3n) is 2.72. The van der Waals surface area contributed by atoms with Gasteiger partial charge in [-0.25, -0.2) is 0 Å². The number of hydrogen-bond donors (Lipinski definition) is 2. The maximum absolute atomic E-state index is 11.2. The van der Waals surface area contributed by atoms with Gasteiger partial charge >= 0.3 is 0 Å². The Bertz CT molecular complexity index is 698. The van der Waals surface area contributed by atoms with Gasteiger partial charge in [0.05, 0.1) is 23.3 Å². The smallest absolute Gasteiger partial charge is 0.135 e. The van der Waals surface area contributed by atoms with E-state index in [-0.39, 0.29) is 5.78 Å². The van der Waals surface area contributed by atoms with Crippen LogP contribution in [0.1, 0.15) is 12.6 Å². The van der Waals surface area contributed by atoms with Crippen molar-refractivity contribution in [3.63, 3.8) is 0 Å². The van der Waals surface area contributed by atoms with Crippen molar-refractivity contribution in [2.75, 3.05) is 0 Å². The molecule has 0 radical (unpaired) electrons. The first kappa shape index (κ1) is 10.6. The summed E-state index contributed by atoms with van der Waals surface area (Å²) in [5.41, 5.74) is 3.20. The van der Waals surface area contributed by atoms with Gasteiger partial charge in [0.1, 0.15) is 11.3 Å². The molecule has 0 spiro atoms. The molecule has 0 aliphatic rings. The quantitative estimate of drug-likeness (QED) is 0.727. The molecule has 0 amide bonds. The third kappa shape index (κ3) is 1.77. The summed E-state index contributed by atoms with van der Waals surface area (Å²) in [6, 6.07) is 3.75. The second-order valence-corrected chi connectivity index (χ2v) is 4.14. The monoisotopic (exact) mass is 241 g/mol. The van der Waals surface area contributed by atoms with E-state index in [4.69, 9.17) is 0 Å². The van der Waals surface area contributed by atoms with E-state index in [2.05, 4.69) is 25.4 Å². The third-order valence-corrected chi connectivity index (χ3v) is 2.72. The second kappa shape index (κ2) is 4.06. The number of rotatable bonds is 3. The van der Waals surface area contributed by atoms with Crippen molar-refractivity contribution in [1.29, 1.82) is 0 Å². The van der Waals surface area contributed by atoms with Crippen molar-refractivity contribution in [2.45, 2.75) is 13.3 Å². The van der Waals surface area contributed by atoms with Crippen LogP contribution in [0.3, 0.4) is 0 Å². The number of hydrogen-bond acceptors (Lipinski definition) is 4. The van der Waals surface area contributed by atoms with Gasteiger partial charge in [0.15, 0.2) is 0 Å². The lowest BCUT2D eigenvalue weighted by atomic mass is 10.1. The molecule has 0 bridgehead atoms. The minimum atomic E-state index is 0.0976. The van der Waals surface area contributed by atoms with Crippen molar-refractivity contribution >= 4 is 16.7 Å². The van der Waals surface area contributed by atoms with Gasteiger partial charge in [-0.15, -0.1) is 0 Å². The number of aromatic amines is 2. The zero-order valence-corrected chi connectivity index (χ0v) is 9.77. The highest BCUT2D eigenvalue weighted by molar-refractivity contribution is 5.88. The summed E-state index contributed by atoms with van der Waals surface area (Å²) in [7, 11) is 0. The number of ketones is 1. The van der Waals surface area contributed by atoms with Crippen molar-refractivity contribution in [2.24, 2.45) is 0 Å². The molecular weight excluding hydrogens is 230 g/mol. The number of nitrogens with zero attached hydrogens (tertiary/aromatic N) is 3. The molecule has 6 heteroatoms. The lowest BCUT2D eigenvalue weighted by Crippen LogP contribution is -1.97. The number of Topliss-reactive ketones (excluding diaryl/α,β-unsaturated/α-hetero) is 1. The van der Waals surface area contributed by atoms with E-state index in [9.17, 15) is 4.79 Å². The summed E-state index contributed by atoms with van der Waals surface area (Å²) >= 11 is 0. The maximum Gasteiger partial charge on any atom is 0.135 e. The molecule has 3 aromatic rings. The van der Waals surface area contributed by atoms with Gasteiger partial charge in [0, 0.05) is 18.0 Å². The molecule has 2 N–H and O–H groups in total. The van der Waals surface area contributed by atoms with Crippen LogP contribution in [0.15, 0.2) is 24.5 Å². The summed E-state index contributed by atoms with van der Waals surface area (Å²) in [5.74, 6) is 0.0976. The normalized spacial score (nSPS) is 10.9. The average Bonchev–Trinajstić information content (AvgIpc) is 2.98. The molecule has 0 saturated heterocycles. The number of nitrogens with one attached hydrogen (secondary N) is 2. The SMILES string of the molecule is CC(=O)Cc1[nH]nc2cnc(-c3ccn[nH]3)cc12. The highest BCUT2D eigenvalue weighted by Crippen LogP contribution is 2.21. The van der Waals surface area contributed by atoms with Crippen molar-refractivity contribution in [3.05, 3.63) is 30.2 Å². The Kier molecular flexibility index (Phi) is 2.40. The zero-order chi connectivity index (χ0) is 12.5. The van der Waals surface area contributed by atoms with Gasteiger partial charge in [0.25, 0.3) is 0 Å². The van der Waals surface area contributed by atoms with Crippen molar-refractivity contribution in [1.82, 2.24) is 25.4 Å². The first-order valence-electron chi connectivity index (χ1n) is 5.56. The fraction of sp³-hybridized carbons (Fsp3) is 0.167. The molecule has 3 aromatic heterocycles. The molecule has 0 aliphatic heterocycles. The van der Waals surface area contributed by atoms with Crippen LogP contribution in [0.5, 0.6) is 0 Å². The van der Waals surface area contributed by atoms with E-state index in [0.717, 1.165) is 28.0 Å². The predicted octanol–water partition coefficient (Wildman–Crippen LogP) is 1.48. The van der Waals surface area contributed by atoms with E-state index in [0.29, 0.717) is 6.42 Å². The fourth-order valence-electron chi connectivity index (χ4n) is 1.90. The molecule has 3 rings (SSSR count). The van der Waals surface area contributed by atoms with Crippen LogP contribution >= 0.6 is 0 Å². The summed E-state index contributed by atoms with van der Waals surface area (Å²) in [6.45, 7) is 1.56. The molecule has 0 aromatic carbocycles. The predicted molar refractivity (Wildman–Crippen MR) is 65.9 cm³/mol. The lowest BCUT2D eigenvalue weighted by Gasteiger charge is -1.98. The second-order valence-electron chi connectivity index (χ2n) is 4.14. The number of fused-ring (bicyclic) bond motifs is 1. The Morgan fingerprint density at radius 2 is 2.28 bits per heavy atom. The summed E-state index contributed by atoms with van der Waals surface area (Å²) in [6.07, 6.45) is 3.71. The van der Waals surface area contributed by atoms with Crippen LogP contribution in [0.25, 0.3) is 22.3 Å². The highest BCUT2D eigenvalue weighted by Gasteiger charge is 2.10. The molecule has 18 heavy (non-hydrogen) atoms. The van der Waals surface area contributed by atoms with Crippen LogP contribution in [-0.2, 0) is 11.2 Å². The number of H-pyrrole nitrogens is 2. The Balaban J connectivity index is 2.12.